The van der Waals surface area contributed by atoms with Gasteiger partial charge in [0.25, 0.3) is 0 Å². The molecule has 1 heterocycles. The summed E-state index contributed by atoms with van der Waals surface area (Å²) in [6.45, 7) is 0. The Hall–Kier alpha value is -1.39. The largest absolute Gasteiger partial charge is 0.339 e. The quantitative estimate of drug-likeness (QED) is 0.946. The van der Waals surface area contributed by atoms with Gasteiger partial charge in [-0.3, -0.25) is 0 Å². The minimum atomic E-state index is 0.178. The average molecular weight is 304 g/mol. The Morgan fingerprint density at radius 3 is 2.81 bits per heavy atom. The summed E-state index contributed by atoms with van der Waals surface area (Å²) in [5.41, 5.74) is 7.35. The van der Waals surface area contributed by atoms with Crippen molar-refractivity contribution in [3.05, 3.63) is 46.6 Å². The van der Waals surface area contributed by atoms with Crippen LogP contribution in [-0.4, -0.2) is 16.2 Å². The van der Waals surface area contributed by atoms with E-state index in [1.807, 2.05) is 24.3 Å². The van der Waals surface area contributed by atoms with Gasteiger partial charge in [-0.2, -0.15) is 4.98 Å². The first-order chi connectivity index (χ1) is 10.2. The lowest BCUT2D eigenvalue weighted by Gasteiger charge is -2.24. The van der Waals surface area contributed by atoms with Gasteiger partial charge in [-0.1, -0.05) is 35.0 Å². The summed E-state index contributed by atoms with van der Waals surface area (Å²) < 4.78 is 5.50. The third-order valence-electron chi connectivity index (χ3n) is 5.06. The molecule has 5 heteroatoms. The van der Waals surface area contributed by atoms with E-state index in [1.165, 1.54) is 19.3 Å². The summed E-state index contributed by atoms with van der Waals surface area (Å²) >= 11 is 6.18. The maximum atomic E-state index is 6.33. The monoisotopic (exact) mass is 303 g/mol. The molecular weight excluding hydrogens is 286 g/mol. The van der Waals surface area contributed by atoms with Crippen LogP contribution in [-0.2, 0) is 6.42 Å². The topological polar surface area (TPSA) is 64.9 Å². The fraction of sp³-hybridized carbons (Fsp3) is 0.500. The number of benzene rings is 1. The number of hydrogen-bond acceptors (Lipinski definition) is 4. The van der Waals surface area contributed by atoms with Crippen LogP contribution in [0.3, 0.4) is 0 Å². The number of nitrogens with zero attached hydrogens (tertiary/aromatic N) is 2. The summed E-state index contributed by atoms with van der Waals surface area (Å²) in [5.74, 6) is 2.92. The van der Waals surface area contributed by atoms with Gasteiger partial charge in [0.1, 0.15) is 0 Å². The van der Waals surface area contributed by atoms with Crippen molar-refractivity contribution in [1.29, 1.82) is 0 Å². The second-order valence-corrected chi connectivity index (χ2v) is 6.66. The maximum absolute atomic E-state index is 6.33. The minimum absolute atomic E-state index is 0.178. The van der Waals surface area contributed by atoms with Crippen molar-refractivity contribution >= 4 is 11.6 Å². The van der Waals surface area contributed by atoms with E-state index in [0.29, 0.717) is 24.1 Å². The van der Waals surface area contributed by atoms with Crippen molar-refractivity contribution in [2.45, 2.75) is 37.6 Å². The van der Waals surface area contributed by atoms with Gasteiger partial charge < -0.3 is 10.3 Å². The van der Waals surface area contributed by atoms with Crippen molar-refractivity contribution in [3.8, 4) is 0 Å². The third kappa shape index (κ3) is 2.27. The van der Waals surface area contributed by atoms with Crippen molar-refractivity contribution in [2.75, 3.05) is 0 Å². The average Bonchev–Trinajstić information content (AvgIpc) is 3.17. The van der Waals surface area contributed by atoms with Gasteiger partial charge in [0.15, 0.2) is 5.82 Å². The molecule has 2 saturated carbocycles. The highest BCUT2D eigenvalue weighted by molar-refractivity contribution is 6.31. The number of nitrogens with two attached hydrogens (primary N) is 1. The van der Waals surface area contributed by atoms with E-state index >= 15 is 0 Å². The van der Waals surface area contributed by atoms with Crippen LogP contribution in [0.5, 0.6) is 0 Å². The Balaban J connectivity index is 1.55. The summed E-state index contributed by atoms with van der Waals surface area (Å²) in [6, 6.07) is 7.93. The molecule has 4 unspecified atom stereocenters. The molecule has 1 aromatic heterocycles. The zero-order chi connectivity index (χ0) is 14.4. The van der Waals surface area contributed by atoms with E-state index in [9.17, 15) is 0 Å². The highest BCUT2D eigenvalue weighted by Crippen LogP contribution is 2.51. The smallest absolute Gasteiger partial charge is 0.231 e. The zero-order valence-electron chi connectivity index (χ0n) is 11.7. The second kappa shape index (κ2) is 5.11. The van der Waals surface area contributed by atoms with Gasteiger partial charge >= 0.3 is 0 Å². The van der Waals surface area contributed by atoms with Crippen LogP contribution in [0.2, 0.25) is 5.02 Å². The number of hydrogen-bond donors (Lipinski definition) is 1. The third-order valence-corrected chi connectivity index (χ3v) is 5.42. The number of fused-ring (bicyclic) bond motifs is 2. The summed E-state index contributed by atoms with van der Waals surface area (Å²) in [6.07, 6.45) is 4.31. The van der Waals surface area contributed by atoms with Gasteiger partial charge in [-0.15, -0.1) is 0 Å². The SMILES string of the molecule is NC1C2CCC(C2)C1c1nc(Cc2ccccc2Cl)no1. The Kier molecular flexibility index (Phi) is 3.23. The molecule has 2 fully saturated rings. The molecule has 0 aliphatic heterocycles. The normalized spacial score (nSPS) is 31.0. The zero-order valence-corrected chi connectivity index (χ0v) is 12.5. The lowest BCUT2D eigenvalue weighted by molar-refractivity contribution is 0.278. The van der Waals surface area contributed by atoms with Crippen LogP contribution in [0.4, 0.5) is 0 Å². The Morgan fingerprint density at radius 1 is 1.24 bits per heavy atom. The van der Waals surface area contributed by atoms with Crippen LogP contribution in [0.25, 0.3) is 0 Å². The molecular formula is C16H18ClN3O. The van der Waals surface area contributed by atoms with E-state index < -0.39 is 0 Å². The van der Waals surface area contributed by atoms with E-state index in [2.05, 4.69) is 10.1 Å². The lowest BCUT2D eigenvalue weighted by atomic mass is 9.85. The molecule has 0 amide bonds. The molecule has 4 atom stereocenters. The molecule has 110 valence electrons. The van der Waals surface area contributed by atoms with Crippen molar-refractivity contribution in [1.82, 2.24) is 10.1 Å². The molecule has 2 aromatic rings. The van der Waals surface area contributed by atoms with E-state index in [4.69, 9.17) is 21.9 Å². The van der Waals surface area contributed by atoms with Gasteiger partial charge in [-0.25, -0.2) is 0 Å². The number of halogens is 1. The van der Waals surface area contributed by atoms with Gasteiger partial charge in [0, 0.05) is 17.5 Å². The maximum Gasteiger partial charge on any atom is 0.231 e. The Morgan fingerprint density at radius 2 is 2.05 bits per heavy atom. The first kappa shape index (κ1) is 13.3. The Labute approximate surface area is 128 Å². The molecule has 0 radical (unpaired) electrons. The van der Waals surface area contributed by atoms with Gasteiger partial charge in [0.2, 0.25) is 5.89 Å². The number of rotatable bonds is 3. The van der Waals surface area contributed by atoms with Crippen molar-refractivity contribution in [2.24, 2.45) is 17.6 Å². The molecule has 21 heavy (non-hydrogen) atoms. The second-order valence-electron chi connectivity index (χ2n) is 6.25. The fourth-order valence-electron chi connectivity index (χ4n) is 3.99. The number of aromatic nitrogens is 2. The molecule has 4 nitrogen and oxygen atoms in total. The minimum Gasteiger partial charge on any atom is -0.339 e. The molecule has 2 aliphatic carbocycles. The highest BCUT2D eigenvalue weighted by Gasteiger charge is 2.48. The molecule has 2 bridgehead atoms. The summed E-state index contributed by atoms with van der Waals surface area (Å²) in [5, 5.41) is 4.85. The first-order valence-corrected chi connectivity index (χ1v) is 7.91. The van der Waals surface area contributed by atoms with Crippen LogP contribution >= 0.6 is 11.6 Å². The molecule has 0 spiro atoms. The van der Waals surface area contributed by atoms with Crippen molar-refractivity contribution < 1.29 is 4.52 Å². The predicted molar refractivity (Wildman–Crippen MR) is 80.1 cm³/mol. The van der Waals surface area contributed by atoms with Crippen LogP contribution < -0.4 is 5.73 Å². The van der Waals surface area contributed by atoms with Crippen LogP contribution in [0.15, 0.2) is 28.8 Å². The highest BCUT2D eigenvalue weighted by atomic mass is 35.5. The Bertz CT molecular complexity index is 654. The van der Waals surface area contributed by atoms with Gasteiger partial charge in [-0.05, 0) is 42.7 Å². The predicted octanol–water partition coefficient (Wildman–Crippen LogP) is 3.15. The summed E-state index contributed by atoms with van der Waals surface area (Å²) in [4.78, 5) is 4.58. The first-order valence-electron chi connectivity index (χ1n) is 7.54. The van der Waals surface area contributed by atoms with Crippen LogP contribution in [0, 0.1) is 11.8 Å². The standard InChI is InChI=1S/C16H18ClN3O/c17-12-4-2-1-3-9(12)8-13-19-16(21-20-13)14-10-5-6-11(7-10)15(14)18/h1-4,10-11,14-15H,5-8,18H2. The lowest BCUT2D eigenvalue weighted by Crippen LogP contribution is -2.34. The molecule has 0 saturated heterocycles. The molecule has 2 N–H and O–H groups in total. The van der Waals surface area contributed by atoms with E-state index in [0.717, 1.165) is 16.5 Å². The molecule has 4 rings (SSSR count). The van der Waals surface area contributed by atoms with Crippen LogP contribution in [0.1, 0.15) is 42.5 Å². The van der Waals surface area contributed by atoms with E-state index in [1.54, 1.807) is 0 Å². The summed E-state index contributed by atoms with van der Waals surface area (Å²) in [7, 11) is 0. The van der Waals surface area contributed by atoms with E-state index in [-0.39, 0.29) is 12.0 Å². The molecule has 1 aromatic carbocycles. The van der Waals surface area contributed by atoms with Gasteiger partial charge in [0.05, 0.1) is 5.92 Å². The fourth-order valence-corrected chi connectivity index (χ4v) is 4.19. The van der Waals surface area contributed by atoms with Crippen molar-refractivity contribution in [3.63, 3.8) is 0 Å². The molecule has 2 aliphatic rings.